The Hall–Kier alpha value is -3.56. The number of aryl methyl sites for hydroxylation is 4. The van der Waals surface area contributed by atoms with Crippen LogP contribution in [0.4, 0.5) is 5.69 Å². The topological polar surface area (TPSA) is 92.2 Å². The highest BCUT2D eigenvalue weighted by atomic mass is 16.5. The summed E-state index contributed by atoms with van der Waals surface area (Å²) in [5.41, 5.74) is 7.46. The lowest BCUT2D eigenvalue weighted by molar-refractivity contribution is 0.171. The number of hydrogen-bond donors (Lipinski definition) is 1. The van der Waals surface area contributed by atoms with Crippen molar-refractivity contribution in [2.75, 3.05) is 44.8 Å². The molecule has 37 heavy (non-hydrogen) atoms. The summed E-state index contributed by atoms with van der Waals surface area (Å²) in [6.45, 7) is 12.7. The van der Waals surface area contributed by atoms with E-state index in [0.29, 0.717) is 24.5 Å². The maximum absolute atomic E-state index is 13.5. The Kier molecular flexibility index (Phi) is 7.08. The summed E-state index contributed by atoms with van der Waals surface area (Å²) < 4.78 is 7.05. The predicted molar refractivity (Wildman–Crippen MR) is 145 cm³/mol. The van der Waals surface area contributed by atoms with Crippen molar-refractivity contribution < 1.29 is 4.74 Å². The van der Waals surface area contributed by atoms with Crippen LogP contribution in [-0.4, -0.2) is 70.0 Å². The lowest BCUT2D eigenvalue weighted by atomic mass is 9.99. The zero-order chi connectivity index (χ0) is 26.1. The van der Waals surface area contributed by atoms with Gasteiger partial charge in [-0.25, -0.2) is 4.68 Å². The van der Waals surface area contributed by atoms with Gasteiger partial charge in [-0.3, -0.25) is 9.69 Å². The van der Waals surface area contributed by atoms with Gasteiger partial charge in [-0.2, -0.15) is 0 Å². The number of tetrazole rings is 1. The van der Waals surface area contributed by atoms with E-state index in [4.69, 9.17) is 4.74 Å². The van der Waals surface area contributed by atoms with E-state index < -0.39 is 0 Å². The number of benzene rings is 2. The lowest BCUT2D eigenvalue weighted by Gasteiger charge is -2.40. The number of piperazine rings is 1. The molecule has 2 aromatic heterocycles. The van der Waals surface area contributed by atoms with Gasteiger partial charge >= 0.3 is 0 Å². The molecule has 1 fully saturated rings. The number of methoxy groups -OCH3 is 1. The second kappa shape index (κ2) is 10.4. The molecule has 1 aliphatic heterocycles. The largest absolute Gasteiger partial charge is 0.383 e. The third-order valence-electron chi connectivity index (χ3n) is 7.33. The van der Waals surface area contributed by atoms with Crippen molar-refractivity contribution in [3.63, 3.8) is 0 Å². The van der Waals surface area contributed by atoms with Crippen molar-refractivity contribution in [2.45, 2.75) is 40.3 Å². The molecule has 1 saturated heterocycles. The van der Waals surface area contributed by atoms with Gasteiger partial charge in [0.25, 0.3) is 5.56 Å². The number of fused-ring (bicyclic) bond motifs is 1. The average Bonchev–Trinajstić information content (AvgIpc) is 3.33. The molecule has 4 aromatic rings. The van der Waals surface area contributed by atoms with E-state index in [2.05, 4.69) is 75.3 Å². The summed E-state index contributed by atoms with van der Waals surface area (Å²) in [7, 11) is 1.66. The Morgan fingerprint density at radius 1 is 0.973 bits per heavy atom. The first-order chi connectivity index (χ1) is 17.9. The minimum absolute atomic E-state index is 0.110. The first kappa shape index (κ1) is 25.1. The molecule has 9 nitrogen and oxygen atoms in total. The number of aromatic nitrogens is 5. The summed E-state index contributed by atoms with van der Waals surface area (Å²) in [6, 6.07) is 12.4. The van der Waals surface area contributed by atoms with Gasteiger partial charge in [0.2, 0.25) is 0 Å². The van der Waals surface area contributed by atoms with E-state index in [1.165, 1.54) is 16.8 Å². The molecule has 9 heteroatoms. The summed E-state index contributed by atoms with van der Waals surface area (Å²) in [6.07, 6.45) is 0. The number of nitrogens with zero attached hydrogens (tertiary/aromatic N) is 6. The zero-order valence-electron chi connectivity index (χ0n) is 22.3. The highest BCUT2D eigenvalue weighted by Gasteiger charge is 2.33. The number of pyridine rings is 1. The number of H-pyrrole nitrogens is 1. The molecule has 1 aliphatic rings. The fraction of sp³-hybridized carbons (Fsp3) is 0.429. The van der Waals surface area contributed by atoms with Crippen LogP contribution in [0.1, 0.15) is 39.7 Å². The van der Waals surface area contributed by atoms with Gasteiger partial charge < -0.3 is 14.6 Å². The van der Waals surface area contributed by atoms with E-state index in [-0.39, 0.29) is 11.6 Å². The van der Waals surface area contributed by atoms with Crippen LogP contribution in [0.5, 0.6) is 0 Å². The number of nitrogens with one attached hydrogen (secondary N) is 1. The number of hydrogen-bond acceptors (Lipinski definition) is 7. The number of ether oxygens (including phenoxy) is 1. The Morgan fingerprint density at radius 2 is 1.76 bits per heavy atom. The van der Waals surface area contributed by atoms with Crippen LogP contribution >= 0.6 is 0 Å². The van der Waals surface area contributed by atoms with E-state index in [1.54, 1.807) is 11.8 Å². The molecule has 5 rings (SSSR count). The third kappa shape index (κ3) is 5.01. The molecule has 0 unspecified atom stereocenters. The highest BCUT2D eigenvalue weighted by molar-refractivity contribution is 5.83. The number of rotatable bonds is 7. The molecule has 0 saturated carbocycles. The second-order valence-corrected chi connectivity index (χ2v) is 10.1. The van der Waals surface area contributed by atoms with Gasteiger partial charge in [0, 0.05) is 55.4 Å². The Bertz CT molecular complexity index is 1470. The number of anilines is 1. The van der Waals surface area contributed by atoms with E-state index in [1.807, 2.05) is 19.1 Å². The van der Waals surface area contributed by atoms with Crippen LogP contribution in [0, 0.1) is 27.7 Å². The van der Waals surface area contributed by atoms with Crippen molar-refractivity contribution >= 4 is 16.6 Å². The van der Waals surface area contributed by atoms with Gasteiger partial charge in [-0.15, -0.1) is 5.10 Å². The highest BCUT2D eigenvalue weighted by Crippen LogP contribution is 2.30. The molecule has 0 amide bonds. The molecule has 1 atom stereocenters. The van der Waals surface area contributed by atoms with Crippen LogP contribution in [0.2, 0.25) is 0 Å². The van der Waals surface area contributed by atoms with Gasteiger partial charge in [-0.1, -0.05) is 18.2 Å². The molecule has 0 aliphatic carbocycles. The third-order valence-corrected chi connectivity index (χ3v) is 7.33. The van der Waals surface area contributed by atoms with Crippen molar-refractivity contribution in [1.82, 2.24) is 30.1 Å². The van der Waals surface area contributed by atoms with Crippen molar-refractivity contribution in [3.05, 3.63) is 80.4 Å². The monoisotopic (exact) mass is 501 g/mol. The van der Waals surface area contributed by atoms with Gasteiger partial charge in [0.05, 0.1) is 13.2 Å². The fourth-order valence-corrected chi connectivity index (χ4v) is 5.42. The molecular formula is C28H35N7O2. The summed E-state index contributed by atoms with van der Waals surface area (Å²) in [5, 5.41) is 13.7. The first-order valence-electron chi connectivity index (χ1n) is 12.8. The van der Waals surface area contributed by atoms with Crippen LogP contribution in [0.3, 0.4) is 0 Å². The van der Waals surface area contributed by atoms with Crippen molar-refractivity contribution in [1.29, 1.82) is 0 Å². The maximum atomic E-state index is 13.5. The van der Waals surface area contributed by atoms with Gasteiger partial charge in [0.15, 0.2) is 5.82 Å². The molecule has 0 spiro atoms. The lowest BCUT2D eigenvalue weighted by Crippen LogP contribution is -2.49. The standard InChI is InChI=1S/C28H35N7O2/c1-18-6-7-20(3)25(16-18)33-8-10-34(11-9-33)26(27-30-31-32-35(27)12-13-37-5)23-17-22-21(4)14-19(2)15-24(22)29-28(23)36/h6-7,14-17,26H,8-13H2,1-5H3,(H,29,36)/t26-/m0/s1. The van der Waals surface area contributed by atoms with E-state index >= 15 is 0 Å². The molecule has 2 aromatic carbocycles. The first-order valence-corrected chi connectivity index (χ1v) is 12.8. The van der Waals surface area contributed by atoms with Crippen LogP contribution < -0.4 is 10.5 Å². The molecular weight excluding hydrogens is 466 g/mol. The molecule has 1 N–H and O–H groups in total. The fourth-order valence-electron chi connectivity index (χ4n) is 5.42. The Balaban J connectivity index is 1.54. The minimum atomic E-state index is -0.374. The minimum Gasteiger partial charge on any atom is -0.383 e. The van der Waals surface area contributed by atoms with Crippen molar-refractivity contribution in [3.8, 4) is 0 Å². The molecule has 0 radical (unpaired) electrons. The smallest absolute Gasteiger partial charge is 0.253 e. The summed E-state index contributed by atoms with van der Waals surface area (Å²) in [4.78, 5) is 21.4. The normalized spacial score (nSPS) is 15.4. The van der Waals surface area contributed by atoms with E-state index in [9.17, 15) is 4.79 Å². The van der Waals surface area contributed by atoms with Crippen LogP contribution in [0.15, 0.2) is 41.2 Å². The summed E-state index contributed by atoms with van der Waals surface area (Å²) in [5.74, 6) is 0.659. The molecule has 0 bridgehead atoms. The average molecular weight is 502 g/mol. The maximum Gasteiger partial charge on any atom is 0.253 e. The van der Waals surface area contributed by atoms with Crippen molar-refractivity contribution in [2.24, 2.45) is 0 Å². The molecule has 194 valence electrons. The summed E-state index contributed by atoms with van der Waals surface area (Å²) >= 11 is 0. The van der Waals surface area contributed by atoms with Crippen LogP contribution in [-0.2, 0) is 11.3 Å². The van der Waals surface area contributed by atoms with Crippen LogP contribution in [0.25, 0.3) is 10.9 Å². The SMILES string of the molecule is COCCn1nnnc1[C@H](c1cc2c(C)cc(C)cc2[nH]c1=O)N1CCN(c2cc(C)ccc2C)CC1. The Morgan fingerprint density at radius 3 is 2.51 bits per heavy atom. The molecule has 3 heterocycles. The second-order valence-electron chi connectivity index (χ2n) is 10.1. The number of aromatic amines is 1. The quantitative estimate of drug-likeness (QED) is 0.415. The Labute approximate surface area is 217 Å². The predicted octanol–water partition coefficient (Wildman–Crippen LogP) is 3.31. The van der Waals surface area contributed by atoms with E-state index in [0.717, 1.165) is 48.2 Å². The van der Waals surface area contributed by atoms with Gasteiger partial charge in [-0.05, 0) is 78.6 Å². The zero-order valence-corrected chi connectivity index (χ0v) is 22.3. The van der Waals surface area contributed by atoms with Gasteiger partial charge in [0.1, 0.15) is 6.04 Å².